The molecule has 0 aliphatic rings. The van der Waals surface area contributed by atoms with E-state index in [-0.39, 0.29) is 5.91 Å². The van der Waals surface area contributed by atoms with E-state index < -0.39 is 0 Å². The molecule has 1 amide bonds. The van der Waals surface area contributed by atoms with Gasteiger partial charge in [-0.3, -0.25) is 4.79 Å². The lowest BCUT2D eigenvalue weighted by atomic mass is 10.2. The number of methoxy groups -OCH3 is 2. The number of hydrogen-bond acceptors (Lipinski definition) is 5. The second-order valence-electron chi connectivity index (χ2n) is 5.03. The Kier molecular flexibility index (Phi) is 4.99. The molecule has 0 aliphatic heterocycles. The molecule has 3 aromatic rings. The van der Waals surface area contributed by atoms with Crippen molar-refractivity contribution in [3.05, 3.63) is 59.0 Å². The van der Waals surface area contributed by atoms with Gasteiger partial charge < -0.3 is 14.8 Å². The number of halogens is 1. The van der Waals surface area contributed by atoms with E-state index in [9.17, 15) is 4.79 Å². The summed E-state index contributed by atoms with van der Waals surface area (Å²) in [7, 11) is 3.07. The smallest absolute Gasteiger partial charge is 0.255 e. The van der Waals surface area contributed by atoms with Gasteiger partial charge in [-0.2, -0.15) is 5.10 Å². The summed E-state index contributed by atoms with van der Waals surface area (Å²) in [4.78, 5) is 16.7. The van der Waals surface area contributed by atoms with Crippen molar-refractivity contribution in [3.8, 4) is 17.3 Å². The number of rotatable bonds is 5. The van der Waals surface area contributed by atoms with Gasteiger partial charge in [0, 0.05) is 11.8 Å². The average molecular weight is 403 g/mol. The molecule has 0 fully saturated rings. The summed E-state index contributed by atoms with van der Waals surface area (Å²) in [5, 5.41) is 6.95. The second kappa shape index (κ2) is 7.35. The molecule has 0 bridgehead atoms. The van der Waals surface area contributed by atoms with Crippen LogP contribution in [-0.2, 0) is 0 Å². The first-order valence-corrected chi connectivity index (χ1v) is 8.10. The Hall–Kier alpha value is -2.87. The number of nitrogens with zero attached hydrogens (tertiary/aromatic N) is 3. The van der Waals surface area contributed by atoms with Crippen LogP contribution >= 0.6 is 15.9 Å². The molecule has 0 atom stereocenters. The van der Waals surface area contributed by atoms with Gasteiger partial charge in [0.1, 0.15) is 0 Å². The van der Waals surface area contributed by atoms with Gasteiger partial charge in [-0.15, -0.1) is 0 Å². The SMILES string of the molecule is COc1ccc(C(=O)Nc2ccc(-n3cc(Br)cn3)nc2)cc1OC. The lowest BCUT2D eigenvalue weighted by Crippen LogP contribution is -2.12. The number of hydrogen-bond donors (Lipinski definition) is 1. The zero-order valence-electron chi connectivity index (χ0n) is 13.6. The van der Waals surface area contributed by atoms with E-state index in [0.717, 1.165) is 4.47 Å². The number of anilines is 1. The Morgan fingerprint density at radius 3 is 2.52 bits per heavy atom. The van der Waals surface area contributed by atoms with E-state index in [1.54, 1.807) is 60.7 Å². The summed E-state index contributed by atoms with van der Waals surface area (Å²) < 4.78 is 12.9. The summed E-state index contributed by atoms with van der Waals surface area (Å²) in [5.74, 6) is 1.44. The van der Waals surface area contributed by atoms with E-state index in [0.29, 0.717) is 28.6 Å². The van der Waals surface area contributed by atoms with E-state index in [1.807, 2.05) is 0 Å². The normalized spacial score (nSPS) is 10.4. The molecule has 1 N–H and O–H groups in total. The number of carbonyl (C=O) groups is 1. The lowest BCUT2D eigenvalue weighted by molar-refractivity contribution is 0.102. The lowest BCUT2D eigenvalue weighted by Gasteiger charge is -2.10. The van der Waals surface area contributed by atoms with Crippen molar-refractivity contribution < 1.29 is 14.3 Å². The standard InChI is InChI=1S/C17H15BrN4O3/c1-24-14-5-3-11(7-15(14)25-2)17(23)21-13-4-6-16(19-9-13)22-10-12(18)8-20-22/h3-10H,1-2H3,(H,21,23). The number of benzene rings is 1. The molecule has 0 unspecified atom stereocenters. The molecule has 0 saturated heterocycles. The quantitative estimate of drug-likeness (QED) is 0.708. The molecule has 0 saturated carbocycles. The van der Waals surface area contributed by atoms with Crippen molar-refractivity contribution in [1.29, 1.82) is 0 Å². The first kappa shape index (κ1) is 17.0. The second-order valence-corrected chi connectivity index (χ2v) is 5.95. The van der Waals surface area contributed by atoms with Crippen LogP contribution < -0.4 is 14.8 Å². The Bertz CT molecular complexity index is 893. The summed E-state index contributed by atoms with van der Waals surface area (Å²) in [5.41, 5.74) is 1.03. The number of carbonyl (C=O) groups excluding carboxylic acids is 1. The summed E-state index contributed by atoms with van der Waals surface area (Å²) in [6.07, 6.45) is 5.04. The maximum Gasteiger partial charge on any atom is 0.255 e. The maximum atomic E-state index is 12.4. The van der Waals surface area contributed by atoms with Crippen LogP contribution in [0.1, 0.15) is 10.4 Å². The van der Waals surface area contributed by atoms with Crippen LogP contribution in [0.3, 0.4) is 0 Å². The molecule has 25 heavy (non-hydrogen) atoms. The third-order valence-electron chi connectivity index (χ3n) is 3.44. The van der Waals surface area contributed by atoms with Gasteiger partial charge in [0.15, 0.2) is 17.3 Å². The first-order chi connectivity index (χ1) is 12.1. The zero-order chi connectivity index (χ0) is 17.8. The molecule has 3 rings (SSSR count). The van der Waals surface area contributed by atoms with Gasteiger partial charge in [-0.05, 0) is 46.3 Å². The van der Waals surface area contributed by atoms with Crippen molar-refractivity contribution in [2.24, 2.45) is 0 Å². The average Bonchev–Trinajstić information content (AvgIpc) is 3.08. The van der Waals surface area contributed by atoms with Crippen LogP contribution in [0.2, 0.25) is 0 Å². The number of pyridine rings is 1. The van der Waals surface area contributed by atoms with Crippen molar-refractivity contribution in [1.82, 2.24) is 14.8 Å². The van der Waals surface area contributed by atoms with Crippen LogP contribution in [-0.4, -0.2) is 34.9 Å². The van der Waals surface area contributed by atoms with Gasteiger partial charge in [0.2, 0.25) is 0 Å². The molecule has 7 nitrogen and oxygen atoms in total. The minimum Gasteiger partial charge on any atom is -0.493 e. The van der Waals surface area contributed by atoms with Crippen LogP contribution in [0.4, 0.5) is 5.69 Å². The van der Waals surface area contributed by atoms with E-state index in [2.05, 4.69) is 31.3 Å². The third-order valence-corrected chi connectivity index (χ3v) is 3.85. The zero-order valence-corrected chi connectivity index (χ0v) is 15.1. The predicted molar refractivity (Wildman–Crippen MR) is 96.6 cm³/mol. The van der Waals surface area contributed by atoms with Crippen LogP contribution in [0, 0.1) is 0 Å². The molecule has 2 aromatic heterocycles. The molecule has 0 spiro atoms. The van der Waals surface area contributed by atoms with Crippen molar-refractivity contribution in [2.45, 2.75) is 0 Å². The van der Waals surface area contributed by atoms with E-state index in [4.69, 9.17) is 9.47 Å². The number of nitrogens with one attached hydrogen (secondary N) is 1. The highest BCUT2D eigenvalue weighted by molar-refractivity contribution is 9.10. The molecule has 2 heterocycles. The fraction of sp³-hybridized carbons (Fsp3) is 0.118. The fourth-order valence-electron chi connectivity index (χ4n) is 2.20. The number of amides is 1. The Morgan fingerprint density at radius 2 is 1.92 bits per heavy atom. The summed E-state index contributed by atoms with van der Waals surface area (Å²) in [6.45, 7) is 0. The Morgan fingerprint density at radius 1 is 1.12 bits per heavy atom. The van der Waals surface area contributed by atoms with Gasteiger partial charge in [0.25, 0.3) is 5.91 Å². The molecule has 1 aromatic carbocycles. The predicted octanol–water partition coefficient (Wildman–Crippen LogP) is 3.30. The van der Waals surface area contributed by atoms with Crippen molar-refractivity contribution in [3.63, 3.8) is 0 Å². The Labute approximate surface area is 152 Å². The van der Waals surface area contributed by atoms with Gasteiger partial charge in [-0.25, -0.2) is 9.67 Å². The number of ether oxygens (including phenoxy) is 2. The topological polar surface area (TPSA) is 78.3 Å². The van der Waals surface area contributed by atoms with Gasteiger partial charge in [-0.1, -0.05) is 0 Å². The number of aromatic nitrogens is 3. The molecular formula is C17H15BrN4O3. The largest absolute Gasteiger partial charge is 0.493 e. The molecule has 128 valence electrons. The highest BCUT2D eigenvalue weighted by atomic mass is 79.9. The van der Waals surface area contributed by atoms with Crippen LogP contribution in [0.15, 0.2) is 53.4 Å². The Balaban J connectivity index is 1.74. The van der Waals surface area contributed by atoms with E-state index >= 15 is 0 Å². The molecular weight excluding hydrogens is 388 g/mol. The molecule has 0 radical (unpaired) electrons. The van der Waals surface area contributed by atoms with Crippen molar-refractivity contribution >= 4 is 27.5 Å². The van der Waals surface area contributed by atoms with Gasteiger partial charge in [0.05, 0.1) is 36.8 Å². The minimum absolute atomic E-state index is 0.266. The monoisotopic (exact) mass is 402 g/mol. The highest BCUT2D eigenvalue weighted by Crippen LogP contribution is 2.27. The van der Waals surface area contributed by atoms with Crippen LogP contribution in [0.5, 0.6) is 11.5 Å². The first-order valence-electron chi connectivity index (χ1n) is 7.30. The minimum atomic E-state index is -0.266. The third kappa shape index (κ3) is 3.80. The van der Waals surface area contributed by atoms with Crippen LogP contribution in [0.25, 0.3) is 5.82 Å². The van der Waals surface area contributed by atoms with Gasteiger partial charge >= 0.3 is 0 Å². The maximum absolute atomic E-state index is 12.4. The molecule has 8 heteroatoms. The molecule has 0 aliphatic carbocycles. The van der Waals surface area contributed by atoms with Crippen molar-refractivity contribution in [2.75, 3.05) is 19.5 Å². The summed E-state index contributed by atoms with van der Waals surface area (Å²) >= 11 is 3.34. The highest BCUT2D eigenvalue weighted by Gasteiger charge is 2.11. The van der Waals surface area contributed by atoms with E-state index in [1.165, 1.54) is 7.11 Å². The fourth-order valence-corrected chi connectivity index (χ4v) is 2.49. The summed E-state index contributed by atoms with van der Waals surface area (Å²) in [6, 6.07) is 8.50.